The summed E-state index contributed by atoms with van der Waals surface area (Å²) < 4.78 is 0. The lowest BCUT2D eigenvalue weighted by Crippen LogP contribution is -2.03. The van der Waals surface area contributed by atoms with Crippen LogP contribution in [0.3, 0.4) is 0 Å². The van der Waals surface area contributed by atoms with Crippen LogP contribution in [0.15, 0.2) is 30.3 Å². The van der Waals surface area contributed by atoms with Crippen molar-refractivity contribution in [1.29, 1.82) is 0 Å². The Morgan fingerprint density at radius 1 is 0.964 bits per heavy atom. The normalized spacial score (nSPS) is 11.5. The molecule has 0 aliphatic carbocycles. The van der Waals surface area contributed by atoms with Gasteiger partial charge < -0.3 is 5.11 Å². The molecule has 0 aromatic heterocycles. The Bertz CT molecular complexity index is 834. The van der Waals surface area contributed by atoms with E-state index in [-0.39, 0.29) is 5.56 Å². The summed E-state index contributed by atoms with van der Waals surface area (Å²) in [7, 11) is 0. The fraction of sp³-hybridized carbons (Fsp3) is 0.500. The summed E-state index contributed by atoms with van der Waals surface area (Å²) >= 11 is 0. The first-order chi connectivity index (χ1) is 13.3. The topological polar surface area (TPSA) is 37.3 Å². The Hall–Kier alpha value is -2.27. The van der Waals surface area contributed by atoms with Crippen LogP contribution in [0.4, 0.5) is 0 Å². The van der Waals surface area contributed by atoms with Crippen molar-refractivity contribution in [2.24, 2.45) is 5.41 Å². The standard InChI is InChI=1S/C26H34O2/c1-5-21-15-16-22-19-20(14-17-23(22)24(21)25(27)28)13-11-9-7-6-8-10-12-18-26(2,3)4/h1,14-17,19H,6-13,18H2,2-4H3,(H,27,28). The third kappa shape index (κ3) is 6.71. The van der Waals surface area contributed by atoms with Crippen LogP contribution in [-0.2, 0) is 6.42 Å². The predicted molar refractivity (Wildman–Crippen MR) is 119 cm³/mol. The molecule has 0 fully saturated rings. The summed E-state index contributed by atoms with van der Waals surface area (Å²) in [4.78, 5) is 11.6. The second-order valence-electron chi connectivity index (χ2n) is 9.03. The third-order valence-electron chi connectivity index (χ3n) is 5.35. The van der Waals surface area contributed by atoms with Crippen LogP contribution in [0.25, 0.3) is 10.8 Å². The molecule has 0 spiro atoms. The molecule has 0 radical (unpaired) electrons. The molecule has 0 heterocycles. The van der Waals surface area contributed by atoms with E-state index in [1.54, 1.807) is 6.07 Å². The van der Waals surface area contributed by atoms with Gasteiger partial charge in [-0.05, 0) is 47.1 Å². The highest BCUT2D eigenvalue weighted by Crippen LogP contribution is 2.25. The van der Waals surface area contributed by atoms with Gasteiger partial charge in [0.2, 0.25) is 0 Å². The third-order valence-corrected chi connectivity index (χ3v) is 5.35. The van der Waals surface area contributed by atoms with Crippen molar-refractivity contribution in [3.63, 3.8) is 0 Å². The molecular formula is C26H34O2. The number of hydrogen-bond acceptors (Lipinski definition) is 1. The monoisotopic (exact) mass is 378 g/mol. The van der Waals surface area contributed by atoms with E-state index in [9.17, 15) is 9.90 Å². The lowest BCUT2D eigenvalue weighted by molar-refractivity contribution is 0.0698. The summed E-state index contributed by atoms with van der Waals surface area (Å²) in [6, 6.07) is 9.72. The zero-order valence-corrected chi connectivity index (χ0v) is 17.7. The number of carboxylic acid groups (broad SMARTS) is 1. The molecule has 2 aromatic rings. The van der Waals surface area contributed by atoms with Crippen molar-refractivity contribution in [2.45, 2.75) is 78.6 Å². The number of carboxylic acids is 1. The highest BCUT2D eigenvalue weighted by Gasteiger charge is 2.13. The van der Waals surface area contributed by atoms with Crippen molar-refractivity contribution in [3.8, 4) is 12.3 Å². The maximum Gasteiger partial charge on any atom is 0.337 e. The molecule has 2 heteroatoms. The molecule has 0 atom stereocenters. The zero-order chi connectivity index (χ0) is 20.6. The van der Waals surface area contributed by atoms with Crippen molar-refractivity contribution in [1.82, 2.24) is 0 Å². The number of terminal acetylenes is 1. The van der Waals surface area contributed by atoms with Crippen LogP contribution in [0.1, 0.15) is 93.6 Å². The fourth-order valence-electron chi connectivity index (χ4n) is 3.75. The molecule has 2 aromatic carbocycles. The number of carbonyl (C=O) groups is 1. The van der Waals surface area contributed by atoms with E-state index in [0.29, 0.717) is 11.0 Å². The van der Waals surface area contributed by atoms with Crippen LogP contribution in [-0.4, -0.2) is 11.1 Å². The molecule has 150 valence electrons. The molecule has 0 bridgehead atoms. The van der Waals surface area contributed by atoms with Gasteiger partial charge in [-0.2, -0.15) is 0 Å². The molecular weight excluding hydrogens is 344 g/mol. The van der Waals surface area contributed by atoms with Crippen molar-refractivity contribution in [2.75, 3.05) is 0 Å². The first-order valence-electron chi connectivity index (χ1n) is 10.6. The van der Waals surface area contributed by atoms with Gasteiger partial charge >= 0.3 is 5.97 Å². The maximum atomic E-state index is 11.6. The highest BCUT2D eigenvalue weighted by molar-refractivity contribution is 6.06. The first kappa shape index (κ1) is 22.0. The van der Waals surface area contributed by atoms with E-state index in [1.807, 2.05) is 18.2 Å². The van der Waals surface area contributed by atoms with Gasteiger partial charge in [0.05, 0.1) is 5.56 Å². The summed E-state index contributed by atoms with van der Waals surface area (Å²) in [5.74, 6) is 1.51. The SMILES string of the molecule is C#Cc1ccc2cc(CCCCCCCCCC(C)(C)C)ccc2c1C(=O)O. The summed E-state index contributed by atoms with van der Waals surface area (Å²) in [6.07, 6.45) is 16.9. The summed E-state index contributed by atoms with van der Waals surface area (Å²) in [6.45, 7) is 6.95. The second-order valence-corrected chi connectivity index (χ2v) is 9.03. The number of rotatable bonds is 10. The minimum atomic E-state index is -0.964. The molecule has 2 nitrogen and oxygen atoms in total. The fourth-order valence-corrected chi connectivity index (χ4v) is 3.75. The van der Waals surface area contributed by atoms with Gasteiger partial charge in [-0.15, -0.1) is 6.42 Å². The number of aromatic carboxylic acids is 1. The zero-order valence-electron chi connectivity index (χ0n) is 17.7. The Balaban J connectivity index is 1.78. The number of aryl methyl sites for hydroxylation is 1. The predicted octanol–water partition coefficient (Wildman–Crippen LogP) is 7.23. The van der Waals surface area contributed by atoms with Crippen molar-refractivity contribution in [3.05, 3.63) is 47.0 Å². The van der Waals surface area contributed by atoms with Gasteiger partial charge in [-0.3, -0.25) is 0 Å². The van der Waals surface area contributed by atoms with Gasteiger partial charge in [0.15, 0.2) is 0 Å². The van der Waals surface area contributed by atoms with E-state index in [2.05, 4.69) is 32.8 Å². The van der Waals surface area contributed by atoms with E-state index < -0.39 is 5.97 Å². The van der Waals surface area contributed by atoms with E-state index in [1.165, 1.54) is 56.9 Å². The molecule has 0 aliphatic rings. The smallest absolute Gasteiger partial charge is 0.337 e. The average molecular weight is 379 g/mol. The van der Waals surface area contributed by atoms with Crippen molar-refractivity contribution >= 4 is 16.7 Å². The number of hydrogen-bond donors (Lipinski definition) is 1. The van der Waals surface area contributed by atoms with Crippen LogP contribution >= 0.6 is 0 Å². The van der Waals surface area contributed by atoms with Crippen LogP contribution in [0.5, 0.6) is 0 Å². The van der Waals surface area contributed by atoms with E-state index in [0.717, 1.165) is 17.2 Å². The number of benzene rings is 2. The van der Waals surface area contributed by atoms with E-state index in [4.69, 9.17) is 6.42 Å². The van der Waals surface area contributed by atoms with Crippen LogP contribution in [0.2, 0.25) is 0 Å². The molecule has 0 amide bonds. The summed E-state index contributed by atoms with van der Waals surface area (Å²) in [5, 5.41) is 11.2. The van der Waals surface area contributed by atoms with Gasteiger partial charge in [0, 0.05) is 5.56 Å². The molecule has 0 aliphatic heterocycles. The van der Waals surface area contributed by atoms with Gasteiger partial charge in [0.25, 0.3) is 0 Å². The molecule has 0 saturated heterocycles. The maximum absolute atomic E-state index is 11.6. The Kier molecular flexibility index (Phi) is 8.12. The lowest BCUT2D eigenvalue weighted by atomic mass is 9.89. The molecule has 2 rings (SSSR count). The van der Waals surface area contributed by atoms with Crippen LogP contribution < -0.4 is 0 Å². The molecule has 28 heavy (non-hydrogen) atoms. The number of unbranched alkanes of at least 4 members (excludes halogenated alkanes) is 6. The Labute approximate surface area is 170 Å². The Morgan fingerprint density at radius 2 is 1.61 bits per heavy atom. The molecule has 0 unspecified atom stereocenters. The number of fused-ring (bicyclic) bond motifs is 1. The minimum Gasteiger partial charge on any atom is -0.478 e. The lowest BCUT2D eigenvalue weighted by Gasteiger charge is -2.17. The molecule has 0 saturated carbocycles. The molecule has 1 N–H and O–H groups in total. The minimum absolute atomic E-state index is 0.234. The van der Waals surface area contributed by atoms with Gasteiger partial charge in [0.1, 0.15) is 0 Å². The van der Waals surface area contributed by atoms with Crippen LogP contribution in [0, 0.1) is 17.8 Å². The summed E-state index contributed by atoms with van der Waals surface area (Å²) in [5.41, 5.74) is 2.41. The average Bonchev–Trinajstić information content (AvgIpc) is 2.64. The van der Waals surface area contributed by atoms with E-state index >= 15 is 0 Å². The Morgan fingerprint density at radius 3 is 2.21 bits per heavy atom. The second kappa shape index (κ2) is 10.3. The van der Waals surface area contributed by atoms with Gasteiger partial charge in [-0.1, -0.05) is 89.5 Å². The highest BCUT2D eigenvalue weighted by atomic mass is 16.4. The quantitative estimate of drug-likeness (QED) is 0.350. The van der Waals surface area contributed by atoms with Gasteiger partial charge in [-0.25, -0.2) is 4.79 Å². The first-order valence-corrected chi connectivity index (χ1v) is 10.6. The van der Waals surface area contributed by atoms with Crippen molar-refractivity contribution < 1.29 is 9.90 Å². The largest absolute Gasteiger partial charge is 0.478 e.